The number of aliphatic imine (C=N–C) groups is 1. The van der Waals surface area contributed by atoms with Crippen LogP contribution < -0.4 is 27.8 Å². The zero-order valence-electron chi connectivity index (χ0n) is 19.6. The molecule has 198 valence electrons. The predicted octanol–water partition coefficient (Wildman–Crippen LogP) is -2.36. The van der Waals surface area contributed by atoms with E-state index in [2.05, 4.69) is 15.6 Å². The maximum Gasteiger partial charge on any atom is 0.326 e. The minimum Gasteiger partial charge on any atom is -0.481 e. The lowest BCUT2D eigenvalue weighted by molar-refractivity contribution is -0.147. The van der Waals surface area contributed by atoms with Crippen molar-refractivity contribution >= 4 is 47.4 Å². The van der Waals surface area contributed by atoms with E-state index in [1.165, 1.54) is 4.90 Å². The topological polar surface area (TPSA) is 244 Å². The Hall–Kier alpha value is -3.07. The van der Waals surface area contributed by atoms with Crippen LogP contribution in [0.5, 0.6) is 0 Å². The summed E-state index contributed by atoms with van der Waals surface area (Å²) in [5.41, 5.74) is 16.6. The van der Waals surface area contributed by atoms with Crippen LogP contribution in [0.15, 0.2) is 4.99 Å². The number of nitrogens with one attached hydrogen (secondary N) is 2. The van der Waals surface area contributed by atoms with Crippen LogP contribution in [0.4, 0.5) is 0 Å². The Morgan fingerprint density at radius 1 is 1.11 bits per heavy atom. The minimum atomic E-state index is -1.68. The molecule has 0 radical (unpaired) electrons. The Morgan fingerprint density at radius 3 is 2.37 bits per heavy atom. The third-order valence-corrected chi connectivity index (χ3v) is 6.00. The van der Waals surface area contributed by atoms with E-state index in [0.717, 1.165) is 0 Å². The average Bonchev–Trinajstić information content (AvgIpc) is 3.27. The van der Waals surface area contributed by atoms with Gasteiger partial charge in [-0.05, 0) is 44.1 Å². The van der Waals surface area contributed by atoms with E-state index in [-0.39, 0.29) is 31.3 Å². The number of carboxylic acid groups (broad SMARTS) is 2. The number of carbonyl (C=O) groups excluding carboxylic acids is 3. The number of thioether (sulfide) groups is 1. The molecule has 35 heavy (non-hydrogen) atoms. The molecule has 0 aromatic rings. The third kappa shape index (κ3) is 10.4. The molecule has 4 unspecified atom stereocenters. The van der Waals surface area contributed by atoms with Gasteiger partial charge in [0.15, 0.2) is 5.96 Å². The van der Waals surface area contributed by atoms with Crippen molar-refractivity contribution in [2.75, 3.05) is 25.1 Å². The van der Waals surface area contributed by atoms with Crippen molar-refractivity contribution in [2.24, 2.45) is 22.2 Å². The summed E-state index contributed by atoms with van der Waals surface area (Å²) in [4.78, 5) is 66.1. The van der Waals surface area contributed by atoms with Gasteiger partial charge in [0.1, 0.15) is 18.1 Å². The fourth-order valence-corrected chi connectivity index (χ4v) is 4.06. The molecule has 10 N–H and O–H groups in total. The molecule has 1 rings (SSSR count). The molecular formula is C20H35N7O7S. The maximum absolute atomic E-state index is 13.0. The van der Waals surface area contributed by atoms with Crippen LogP contribution in [0.1, 0.15) is 38.5 Å². The van der Waals surface area contributed by atoms with E-state index in [4.69, 9.17) is 22.3 Å². The molecule has 0 aromatic carbocycles. The molecule has 0 aromatic heterocycles. The number of likely N-dealkylation sites (tertiary alicyclic amines) is 1. The SMILES string of the molecule is CSCCC(N)C(=O)N1CCCC1C(=O)NC(CCCN=C(N)N)C(=O)NC(CC(=O)O)C(=O)O. The van der Waals surface area contributed by atoms with E-state index in [0.29, 0.717) is 31.6 Å². The maximum atomic E-state index is 13.0. The number of aliphatic carboxylic acids is 2. The number of hydrogen-bond acceptors (Lipinski definition) is 8. The van der Waals surface area contributed by atoms with Crippen molar-refractivity contribution in [1.82, 2.24) is 15.5 Å². The van der Waals surface area contributed by atoms with Gasteiger partial charge in [-0.15, -0.1) is 0 Å². The van der Waals surface area contributed by atoms with Crippen LogP contribution in [0.3, 0.4) is 0 Å². The number of nitrogens with zero attached hydrogens (tertiary/aromatic N) is 2. The van der Waals surface area contributed by atoms with Gasteiger partial charge < -0.3 is 42.9 Å². The Labute approximate surface area is 207 Å². The molecule has 4 atom stereocenters. The summed E-state index contributed by atoms with van der Waals surface area (Å²) in [5, 5.41) is 22.8. The monoisotopic (exact) mass is 517 g/mol. The summed E-state index contributed by atoms with van der Waals surface area (Å²) in [6.07, 6.45) is 2.79. The fourth-order valence-electron chi connectivity index (χ4n) is 3.57. The number of hydrogen-bond donors (Lipinski definition) is 7. The van der Waals surface area contributed by atoms with Gasteiger partial charge in [0.25, 0.3) is 0 Å². The number of rotatable bonds is 15. The lowest BCUT2D eigenvalue weighted by Gasteiger charge is -2.28. The van der Waals surface area contributed by atoms with Gasteiger partial charge in [-0.2, -0.15) is 11.8 Å². The van der Waals surface area contributed by atoms with Gasteiger partial charge in [0.2, 0.25) is 17.7 Å². The molecule has 1 fully saturated rings. The van der Waals surface area contributed by atoms with Crippen molar-refractivity contribution in [3.63, 3.8) is 0 Å². The Balaban J connectivity index is 2.95. The predicted molar refractivity (Wildman–Crippen MR) is 129 cm³/mol. The van der Waals surface area contributed by atoms with E-state index in [9.17, 15) is 29.1 Å². The first kappa shape index (κ1) is 30.0. The molecule has 1 heterocycles. The highest BCUT2D eigenvalue weighted by molar-refractivity contribution is 7.98. The van der Waals surface area contributed by atoms with Gasteiger partial charge in [0, 0.05) is 13.1 Å². The lowest BCUT2D eigenvalue weighted by Crippen LogP contribution is -2.56. The number of amides is 3. The molecule has 0 bridgehead atoms. The van der Waals surface area contributed by atoms with Crippen LogP contribution in [0.25, 0.3) is 0 Å². The highest BCUT2D eigenvalue weighted by Crippen LogP contribution is 2.19. The first-order valence-corrected chi connectivity index (χ1v) is 12.5. The number of carboxylic acids is 2. The van der Waals surface area contributed by atoms with E-state index in [1.807, 2.05) is 6.26 Å². The van der Waals surface area contributed by atoms with Crippen molar-refractivity contribution in [3.05, 3.63) is 0 Å². The van der Waals surface area contributed by atoms with Crippen molar-refractivity contribution < 1.29 is 34.2 Å². The van der Waals surface area contributed by atoms with Gasteiger partial charge in [0.05, 0.1) is 12.5 Å². The first-order valence-electron chi connectivity index (χ1n) is 11.1. The van der Waals surface area contributed by atoms with Crippen molar-refractivity contribution in [2.45, 2.75) is 62.7 Å². The van der Waals surface area contributed by atoms with Gasteiger partial charge in [-0.1, -0.05) is 0 Å². The van der Waals surface area contributed by atoms with Crippen molar-refractivity contribution in [3.8, 4) is 0 Å². The molecule has 0 aliphatic carbocycles. The molecule has 1 aliphatic rings. The second-order valence-electron chi connectivity index (χ2n) is 8.08. The van der Waals surface area contributed by atoms with E-state index >= 15 is 0 Å². The molecule has 0 spiro atoms. The average molecular weight is 518 g/mol. The number of guanidine groups is 1. The van der Waals surface area contributed by atoms with E-state index in [1.54, 1.807) is 11.8 Å². The summed E-state index contributed by atoms with van der Waals surface area (Å²) in [5.74, 6) is -4.21. The molecule has 0 saturated carbocycles. The zero-order valence-corrected chi connectivity index (χ0v) is 20.5. The van der Waals surface area contributed by atoms with Gasteiger partial charge in [-0.3, -0.25) is 24.2 Å². The fraction of sp³-hybridized carbons (Fsp3) is 0.700. The minimum absolute atomic E-state index is 0.0433. The molecule has 1 saturated heterocycles. The Bertz CT molecular complexity index is 807. The largest absolute Gasteiger partial charge is 0.481 e. The number of carbonyl (C=O) groups is 5. The van der Waals surface area contributed by atoms with Crippen molar-refractivity contribution in [1.29, 1.82) is 0 Å². The Morgan fingerprint density at radius 2 is 1.80 bits per heavy atom. The molecule has 14 nitrogen and oxygen atoms in total. The normalized spacial score (nSPS) is 17.7. The van der Waals surface area contributed by atoms with Gasteiger partial charge >= 0.3 is 11.9 Å². The summed E-state index contributed by atoms with van der Waals surface area (Å²) in [7, 11) is 0. The van der Waals surface area contributed by atoms with Crippen LogP contribution in [0, 0.1) is 0 Å². The smallest absolute Gasteiger partial charge is 0.326 e. The molecular weight excluding hydrogens is 482 g/mol. The first-order chi connectivity index (χ1) is 16.5. The second-order valence-corrected chi connectivity index (χ2v) is 9.07. The van der Waals surface area contributed by atoms with Crippen LogP contribution in [-0.4, -0.2) is 100.0 Å². The quantitative estimate of drug-likeness (QED) is 0.0688. The summed E-state index contributed by atoms with van der Waals surface area (Å²) in [6.45, 7) is 0.503. The highest BCUT2D eigenvalue weighted by atomic mass is 32.2. The number of nitrogens with two attached hydrogens (primary N) is 3. The second kappa shape index (κ2) is 15.0. The third-order valence-electron chi connectivity index (χ3n) is 5.36. The summed E-state index contributed by atoms with van der Waals surface area (Å²) < 4.78 is 0. The zero-order chi connectivity index (χ0) is 26.5. The van der Waals surface area contributed by atoms with Crippen LogP contribution in [-0.2, 0) is 24.0 Å². The lowest BCUT2D eigenvalue weighted by atomic mass is 10.1. The molecule has 1 aliphatic heterocycles. The Kier molecular flexibility index (Phi) is 12.9. The molecule has 15 heteroatoms. The summed E-state index contributed by atoms with van der Waals surface area (Å²) in [6, 6.07) is -4.46. The van der Waals surface area contributed by atoms with Gasteiger partial charge in [-0.25, -0.2) is 4.79 Å². The van der Waals surface area contributed by atoms with Crippen LogP contribution >= 0.6 is 11.8 Å². The van der Waals surface area contributed by atoms with E-state index < -0.39 is 54.3 Å². The van der Waals surface area contributed by atoms with Crippen LogP contribution in [0.2, 0.25) is 0 Å². The summed E-state index contributed by atoms with van der Waals surface area (Å²) >= 11 is 1.55. The molecule has 3 amide bonds. The highest BCUT2D eigenvalue weighted by Gasteiger charge is 2.37. The standard InChI is InChI=1S/C20H35N7O7S/c1-35-9-6-11(21)18(32)27-8-3-5-14(27)17(31)25-12(4-2-7-24-20(22)23)16(30)26-13(19(33)34)10-15(28)29/h11-14H,2-10,21H2,1H3,(H,25,31)(H,26,30)(H,28,29)(H,33,34)(H4,22,23,24).